The molecule has 2 aromatic carbocycles. The van der Waals surface area contributed by atoms with Crippen LogP contribution in [0.2, 0.25) is 19.6 Å². The van der Waals surface area contributed by atoms with Gasteiger partial charge in [-0.05, 0) is 30.8 Å². The predicted molar refractivity (Wildman–Crippen MR) is 84.2 cm³/mol. The second-order valence-corrected chi connectivity index (χ2v) is 10.6. The molecule has 118 valence electrons. The minimum absolute atomic E-state index is 0.108. The van der Waals surface area contributed by atoms with E-state index >= 15 is 0 Å². The third-order valence-electron chi connectivity index (χ3n) is 3.22. The fourth-order valence-corrected chi connectivity index (χ4v) is 3.74. The van der Waals surface area contributed by atoms with Crippen molar-refractivity contribution in [3.63, 3.8) is 0 Å². The molecule has 0 saturated carbocycles. The summed E-state index contributed by atoms with van der Waals surface area (Å²) in [5.41, 5.74) is -2.22. The van der Waals surface area contributed by atoms with Gasteiger partial charge >= 0.3 is 6.18 Å². The second kappa shape index (κ2) is 5.89. The standard InChI is InChI=1S/C17H19F3OSi/c1-22(2,3)21-16(17(18,19)20,14-10-6-4-7-11-14)15-12-8-5-9-13-15/h4-13H,1-3H3. The van der Waals surface area contributed by atoms with E-state index in [0.717, 1.165) is 0 Å². The van der Waals surface area contributed by atoms with E-state index in [1.807, 2.05) is 0 Å². The normalized spacial score (nSPS) is 13.2. The van der Waals surface area contributed by atoms with Crippen LogP contribution in [0.3, 0.4) is 0 Å². The Morgan fingerprint density at radius 2 is 1.09 bits per heavy atom. The minimum atomic E-state index is -4.56. The molecule has 0 unspecified atom stereocenters. The Morgan fingerprint density at radius 3 is 1.36 bits per heavy atom. The van der Waals surface area contributed by atoms with Gasteiger partial charge in [-0.3, -0.25) is 0 Å². The maximum Gasteiger partial charge on any atom is 0.425 e. The number of hydrogen-bond donors (Lipinski definition) is 0. The molecule has 0 N–H and O–H groups in total. The zero-order chi connectivity index (χ0) is 16.4. The Hall–Kier alpha value is -1.59. The topological polar surface area (TPSA) is 9.23 Å². The van der Waals surface area contributed by atoms with Crippen molar-refractivity contribution in [3.8, 4) is 0 Å². The number of rotatable bonds is 4. The number of alkyl halides is 3. The maximum absolute atomic E-state index is 14.2. The first-order valence-corrected chi connectivity index (χ1v) is 10.5. The van der Waals surface area contributed by atoms with Crippen molar-refractivity contribution in [2.75, 3.05) is 0 Å². The van der Waals surface area contributed by atoms with Gasteiger partial charge < -0.3 is 4.43 Å². The van der Waals surface area contributed by atoms with E-state index < -0.39 is 20.1 Å². The van der Waals surface area contributed by atoms with Crippen LogP contribution in [-0.4, -0.2) is 14.5 Å². The summed E-state index contributed by atoms with van der Waals surface area (Å²) in [6, 6.07) is 15.7. The van der Waals surface area contributed by atoms with Crippen molar-refractivity contribution in [2.24, 2.45) is 0 Å². The number of benzene rings is 2. The molecule has 22 heavy (non-hydrogen) atoms. The lowest BCUT2D eigenvalue weighted by atomic mass is 9.86. The molecule has 0 aliphatic carbocycles. The summed E-state index contributed by atoms with van der Waals surface area (Å²) in [5.74, 6) is 0. The second-order valence-electron chi connectivity index (χ2n) is 6.13. The monoisotopic (exact) mass is 324 g/mol. The summed E-state index contributed by atoms with van der Waals surface area (Å²) in [4.78, 5) is 0. The molecule has 0 aliphatic heterocycles. The molecule has 1 nitrogen and oxygen atoms in total. The summed E-state index contributed by atoms with van der Waals surface area (Å²) in [7, 11) is -2.49. The highest BCUT2D eigenvalue weighted by molar-refractivity contribution is 6.69. The lowest BCUT2D eigenvalue weighted by Crippen LogP contribution is -2.51. The summed E-state index contributed by atoms with van der Waals surface area (Å²) < 4.78 is 48.3. The van der Waals surface area contributed by atoms with Crippen LogP contribution < -0.4 is 0 Å². The summed E-state index contributed by atoms with van der Waals surface area (Å²) >= 11 is 0. The van der Waals surface area contributed by atoms with Gasteiger partial charge in [-0.1, -0.05) is 60.7 Å². The molecule has 5 heteroatoms. The molecule has 0 atom stereocenters. The molecular formula is C17H19F3OSi. The van der Waals surface area contributed by atoms with Gasteiger partial charge in [0.2, 0.25) is 5.60 Å². The lowest BCUT2D eigenvalue weighted by molar-refractivity contribution is -0.240. The van der Waals surface area contributed by atoms with E-state index in [9.17, 15) is 13.2 Å². The Kier molecular flexibility index (Phi) is 4.49. The van der Waals surface area contributed by atoms with E-state index in [2.05, 4.69) is 0 Å². The SMILES string of the molecule is C[Si](C)(C)OC(c1ccccc1)(c1ccccc1)C(F)(F)F. The predicted octanol–water partition coefficient (Wildman–Crippen LogP) is 5.34. The average Bonchev–Trinajstić information content (AvgIpc) is 2.44. The van der Waals surface area contributed by atoms with Crippen LogP contribution in [0.15, 0.2) is 60.7 Å². The van der Waals surface area contributed by atoms with Crippen LogP contribution in [0.5, 0.6) is 0 Å². The highest BCUT2D eigenvalue weighted by Gasteiger charge is 2.59. The molecule has 0 spiro atoms. The zero-order valence-corrected chi connectivity index (χ0v) is 13.8. The van der Waals surface area contributed by atoms with Crippen molar-refractivity contribution >= 4 is 8.32 Å². The van der Waals surface area contributed by atoms with Gasteiger partial charge in [0, 0.05) is 0 Å². The van der Waals surface area contributed by atoms with Crippen LogP contribution in [-0.2, 0) is 10.0 Å². The molecule has 0 saturated heterocycles. The van der Waals surface area contributed by atoms with Crippen molar-refractivity contribution in [1.29, 1.82) is 0 Å². The molecule has 0 amide bonds. The van der Waals surface area contributed by atoms with Gasteiger partial charge in [0.05, 0.1) is 0 Å². The molecule has 0 heterocycles. The van der Waals surface area contributed by atoms with Crippen molar-refractivity contribution in [2.45, 2.75) is 31.4 Å². The Morgan fingerprint density at radius 1 is 0.727 bits per heavy atom. The number of halogens is 3. The zero-order valence-electron chi connectivity index (χ0n) is 12.8. The third kappa shape index (κ3) is 3.25. The van der Waals surface area contributed by atoms with Gasteiger partial charge in [-0.25, -0.2) is 0 Å². The van der Waals surface area contributed by atoms with E-state index in [1.54, 1.807) is 56.0 Å². The van der Waals surface area contributed by atoms with Gasteiger partial charge in [-0.15, -0.1) is 0 Å². The Labute approximate surface area is 129 Å². The fourth-order valence-electron chi connectivity index (χ4n) is 2.47. The van der Waals surface area contributed by atoms with Gasteiger partial charge in [0.1, 0.15) is 0 Å². The maximum atomic E-state index is 14.2. The molecule has 0 aromatic heterocycles. The van der Waals surface area contributed by atoms with Crippen LogP contribution in [0, 0.1) is 0 Å². The van der Waals surface area contributed by atoms with Gasteiger partial charge in [-0.2, -0.15) is 13.2 Å². The van der Waals surface area contributed by atoms with Crippen LogP contribution >= 0.6 is 0 Å². The van der Waals surface area contributed by atoms with Crippen molar-refractivity contribution in [3.05, 3.63) is 71.8 Å². The summed E-state index contributed by atoms with van der Waals surface area (Å²) in [5, 5.41) is 0. The average molecular weight is 324 g/mol. The van der Waals surface area contributed by atoms with Gasteiger partial charge in [0.15, 0.2) is 8.32 Å². The Bertz CT molecular complexity index is 564. The Balaban J connectivity index is 2.76. The van der Waals surface area contributed by atoms with Crippen LogP contribution in [0.4, 0.5) is 13.2 Å². The number of hydrogen-bond acceptors (Lipinski definition) is 1. The summed E-state index contributed by atoms with van der Waals surface area (Å²) in [6.45, 7) is 5.29. The first kappa shape index (κ1) is 16.8. The largest absolute Gasteiger partial charge is 0.425 e. The van der Waals surface area contributed by atoms with E-state index in [4.69, 9.17) is 4.43 Å². The molecule has 0 radical (unpaired) electrons. The molecule has 2 aromatic rings. The quantitative estimate of drug-likeness (QED) is 0.689. The highest BCUT2D eigenvalue weighted by atomic mass is 28.4. The molecule has 0 aliphatic rings. The smallest absolute Gasteiger partial charge is 0.397 e. The third-order valence-corrected chi connectivity index (χ3v) is 4.14. The first-order chi connectivity index (χ1) is 10.2. The van der Waals surface area contributed by atoms with Crippen molar-refractivity contribution in [1.82, 2.24) is 0 Å². The van der Waals surface area contributed by atoms with Crippen LogP contribution in [0.25, 0.3) is 0 Å². The fraction of sp³-hybridized carbons (Fsp3) is 0.294. The first-order valence-electron chi connectivity index (χ1n) is 7.05. The molecular weight excluding hydrogens is 305 g/mol. The van der Waals surface area contributed by atoms with E-state index in [0.29, 0.717) is 0 Å². The molecule has 0 fully saturated rings. The van der Waals surface area contributed by atoms with E-state index in [-0.39, 0.29) is 11.1 Å². The van der Waals surface area contributed by atoms with E-state index in [1.165, 1.54) is 24.3 Å². The minimum Gasteiger partial charge on any atom is -0.397 e. The van der Waals surface area contributed by atoms with Crippen LogP contribution in [0.1, 0.15) is 11.1 Å². The summed E-state index contributed by atoms with van der Waals surface area (Å²) in [6.07, 6.45) is -4.56. The molecule has 0 bridgehead atoms. The lowest BCUT2D eigenvalue weighted by Gasteiger charge is -2.41. The molecule has 2 rings (SSSR count). The van der Waals surface area contributed by atoms with Crippen molar-refractivity contribution < 1.29 is 17.6 Å². The highest BCUT2D eigenvalue weighted by Crippen LogP contribution is 2.48. The van der Waals surface area contributed by atoms with Gasteiger partial charge in [0.25, 0.3) is 0 Å².